The fourth-order valence-electron chi connectivity index (χ4n) is 3.39. The molecule has 4 N–H and O–H groups in total. The van der Waals surface area contributed by atoms with Crippen LogP contribution in [0, 0.1) is 0 Å². The minimum absolute atomic E-state index is 0.119. The molecule has 8 nitrogen and oxygen atoms in total. The van der Waals surface area contributed by atoms with Crippen molar-refractivity contribution in [3.05, 3.63) is 45.5 Å². The molecule has 0 saturated heterocycles. The van der Waals surface area contributed by atoms with Crippen molar-refractivity contribution in [2.75, 3.05) is 0 Å². The average Bonchev–Trinajstić information content (AvgIpc) is 2.57. The molecular formula is C20H20O8. The predicted molar refractivity (Wildman–Crippen MR) is 100.0 cm³/mol. The van der Waals surface area contributed by atoms with Gasteiger partial charge in [0.05, 0.1) is 22.3 Å². The van der Waals surface area contributed by atoms with Crippen molar-refractivity contribution in [3.8, 4) is 0 Å². The molecule has 0 bridgehead atoms. The van der Waals surface area contributed by atoms with Crippen LogP contribution < -0.4 is 0 Å². The Kier molecular flexibility index (Phi) is 5.45. The van der Waals surface area contributed by atoms with E-state index in [4.69, 9.17) is 0 Å². The Labute approximate surface area is 160 Å². The minimum atomic E-state index is -1.47. The number of carboxylic acid groups (broad SMARTS) is 4. The van der Waals surface area contributed by atoms with E-state index < -0.39 is 58.0 Å². The molecule has 0 atom stereocenters. The highest BCUT2D eigenvalue weighted by molar-refractivity contribution is 6.23. The van der Waals surface area contributed by atoms with Gasteiger partial charge in [-0.05, 0) is 35.1 Å². The lowest BCUT2D eigenvalue weighted by Crippen LogP contribution is -2.17. The quantitative estimate of drug-likeness (QED) is 0.582. The molecule has 0 amide bonds. The first-order chi connectivity index (χ1) is 12.9. The fourth-order valence-corrected chi connectivity index (χ4v) is 3.39. The summed E-state index contributed by atoms with van der Waals surface area (Å²) < 4.78 is 0. The lowest BCUT2D eigenvalue weighted by Gasteiger charge is -2.21. The van der Waals surface area contributed by atoms with Crippen molar-refractivity contribution in [2.45, 2.75) is 39.5 Å². The molecule has 2 rings (SSSR count). The zero-order valence-electron chi connectivity index (χ0n) is 15.7. The summed E-state index contributed by atoms with van der Waals surface area (Å²) in [4.78, 5) is 47.9. The first-order valence-corrected chi connectivity index (χ1v) is 8.50. The third-order valence-electron chi connectivity index (χ3n) is 4.60. The zero-order valence-corrected chi connectivity index (χ0v) is 15.7. The van der Waals surface area contributed by atoms with Gasteiger partial charge in [-0.1, -0.05) is 27.7 Å². The zero-order chi connectivity index (χ0) is 21.5. The van der Waals surface area contributed by atoms with Gasteiger partial charge in [-0.15, -0.1) is 0 Å². The number of benzene rings is 2. The second-order valence-electron chi connectivity index (χ2n) is 7.06. The number of hydrogen-bond acceptors (Lipinski definition) is 4. The maximum atomic E-state index is 12.0. The summed E-state index contributed by atoms with van der Waals surface area (Å²) >= 11 is 0. The summed E-state index contributed by atoms with van der Waals surface area (Å²) in [6.07, 6.45) is 0. The Balaban J connectivity index is 3.41. The smallest absolute Gasteiger partial charge is 0.336 e. The van der Waals surface area contributed by atoms with Crippen molar-refractivity contribution in [3.63, 3.8) is 0 Å². The molecule has 8 heteroatoms. The Morgan fingerprint density at radius 1 is 0.607 bits per heavy atom. The van der Waals surface area contributed by atoms with E-state index in [0.29, 0.717) is 0 Å². The molecule has 0 fully saturated rings. The van der Waals surface area contributed by atoms with Crippen molar-refractivity contribution < 1.29 is 39.6 Å². The van der Waals surface area contributed by atoms with E-state index in [-0.39, 0.29) is 21.9 Å². The minimum Gasteiger partial charge on any atom is -0.478 e. The first-order valence-electron chi connectivity index (χ1n) is 8.50. The molecule has 2 aromatic rings. The van der Waals surface area contributed by atoms with E-state index in [0.717, 1.165) is 12.1 Å². The Morgan fingerprint density at radius 2 is 0.893 bits per heavy atom. The van der Waals surface area contributed by atoms with Crippen LogP contribution in [0.1, 0.15) is 92.1 Å². The normalized spacial score (nSPS) is 11.2. The molecule has 0 unspecified atom stereocenters. The lowest BCUT2D eigenvalue weighted by molar-refractivity contribution is 0.0674. The van der Waals surface area contributed by atoms with Crippen LogP contribution in [0.4, 0.5) is 0 Å². The number of fused-ring (bicyclic) bond motifs is 1. The van der Waals surface area contributed by atoms with Crippen LogP contribution in [0.25, 0.3) is 10.8 Å². The third kappa shape index (κ3) is 3.28. The number of carbonyl (C=O) groups is 4. The van der Waals surface area contributed by atoms with Gasteiger partial charge in [0.15, 0.2) is 0 Å². The molecule has 0 aliphatic rings. The summed E-state index contributed by atoms with van der Waals surface area (Å²) in [5.74, 6) is -6.72. The van der Waals surface area contributed by atoms with Crippen LogP contribution in [-0.2, 0) is 0 Å². The summed E-state index contributed by atoms with van der Waals surface area (Å²) in [6, 6.07) is 2.25. The highest BCUT2D eigenvalue weighted by Gasteiger charge is 2.31. The molecular weight excluding hydrogens is 368 g/mol. The van der Waals surface area contributed by atoms with E-state index in [1.54, 1.807) is 27.7 Å². The van der Waals surface area contributed by atoms with E-state index in [2.05, 4.69) is 0 Å². The van der Waals surface area contributed by atoms with Crippen LogP contribution >= 0.6 is 0 Å². The topological polar surface area (TPSA) is 149 Å². The Bertz CT molecular complexity index is 947. The van der Waals surface area contributed by atoms with Gasteiger partial charge in [0.25, 0.3) is 0 Å². The second-order valence-corrected chi connectivity index (χ2v) is 7.06. The predicted octanol–water partition coefficient (Wildman–Crippen LogP) is 3.88. The van der Waals surface area contributed by atoms with Gasteiger partial charge in [-0.25, -0.2) is 19.2 Å². The Hall–Kier alpha value is -3.42. The maximum absolute atomic E-state index is 12.0. The van der Waals surface area contributed by atoms with Crippen molar-refractivity contribution in [1.29, 1.82) is 0 Å². The maximum Gasteiger partial charge on any atom is 0.336 e. The van der Waals surface area contributed by atoms with Crippen LogP contribution in [0.15, 0.2) is 12.1 Å². The van der Waals surface area contributed by atoms with Gasteiger partial charge in [0.2, 0.25) is 0 Å². The van der Waals surface area contributed by atoms with E-state index >= 15 is 0 Å². The van der Waals surface area contributed by atoms with Gasteiger partial charge in [0.1, 0.15) is 0 Å². The van der Waals surface area contributed by atoms with Crippen molar-refractivity contribution >= 4 is 34.6 Å². The monoisotopic (exact) mass is 388 g/mol. The molecule has 2 aromatic carbocycles. The molecule has 28 heavy (non-hydrogen) atoms. The van der Waals surface area contributed by atoms with Crippen molar-refractivity contribution in [2.24, 2.45) is 0 Å². The van der Waals surface area contributed by atoms with Crippen molar-refractivity contribution in [1.82, 2.24) is 0 Å². The number of hydrogen-bond donors (Lipinski definition) is 4. The van der Waals surface area contributed by atoms with Gasteiger partial charge < -0.3 is 20.4 Å². The summed E-state index contributed by atoms with van der Waals surface area (Å²) in [6.45, 7) is 6.56. The largest absolute Gasteiger partial charge is 0.478 e. The summed E-state index contributed by atoms with van der Waals surface area (Å²) in [5.41, 5.74) is -1.44. The first kappa shape index (κ1) is 20.9. The van der Waals surface area contributed by atoms with Gasteiger partial charge in [-0.3, -0.25) is 0 Å². The van der Waals surface area contributed by atoms with E-state index in [9.17, 15) is 39.6 Å². The highest BCUT2D eigenvalue weighted by atomic mass is 16.4. The van der Waals surface area contributed by atoms with Crippen LogP contribution in [0.5, 0.6) is 0 Å². The van der Waals surface area contributed by atoms with E-state index in [1.807, 2.05) is 0 Å². The standard InChI is InChI=1S/C20H20O8/c1-7(2)9-5-11(17(21)22)14-13(15(9)19(25)26)12(18(23)24)6-10(8(3)4)16(14)20(27)28/h5-8H,1-4H3,(H,21,22)(H,23,24)(H,25,26)(H,27,28). The third-order valence-corrected chi connectivity index (χ3v) is 4.60. The number of carboxylic acids is 4. The van der Waals surface area contributed by atoms with Crippen LogP contribution in [0.3, 0.4) is 0 Å². The molecule has 0 heterocycles. The fraction of sp³-hybridized carbons (Fsp3) is 0.300. The molecule has 0 aliphatic heterocycles. The molecule has 148 valence electrons. The summed E-state index contributed by atoms with van der Waals surface area (Å²) in [7, 11) is 0. The second kappa shape index (κ2) is 7.30. The van der Waals surface area contributed by atoms with Gasteiger partial charge >= 0.3 is 23.9 Å². The lowest BCUT2D eigenvalue weighted by atomic mass is 9.81. The highest BCUT2D eigenvalue weighted by Crippen LogP contribution is 2.38. The van der Waals surface area contributed by atoms with Crippen LogP contribution in [-0.4, -0.2) is 44.3 Å². The molecule has 0 radical (unpaired) electrons. The number of rotatable bonds is 6. The molecule has 0 saturated carbocycles. The summed E-state index contributed by atoms with van der Waals surface area (Å²) in [5, 5.41) is 38.2. The van der Waals surface area contributed by atoms with E-state index in [1.165, 1.54) is 0 Å². The Morgan fingerprint density at radius 3 is 1.07 bits per heavy atom. The average molecular weight is 388 g/mol. The molecule has 0 aliphatic carbocycles. The van der Waals surface area contributed by atoms with Crippen LogP contribution in [0.2, 0.25) is 0 Å². The SMILES string of the molecule is CC(C)c1cc(C(=O)O)c2c(C(=O)O)c(C(C)C)cc(C(=O)O)c2c1C(=O)O. The van der Waals surface area contributed by atoms with Gasteiger partial charge in [0, 0.05) is 10.8 Å². The number of aromatic carboxylic acids is 4. The van der Waals surface area contributed by atoms with Gasteiger partial charge in [-0.2, -0.15) is 0 Å². The molecule has 0 aromatic heterocycles. The molecule has 0 spiro atoms.